The summed E-state index contributed by atoms with van der Waals surface area (Å²) in [4.78, 5) is 42.6. The lowest BCUT2D eigenvalue weighted by Gasteiger charge is -2.38. The molecule has 3 heterocycles. The molecule has 2 saturated heterocycles. The Hall–Kier alpha value is -2.22. The topological polar surface area (TPSA) is 72.9 Å². The predicted molar refractivity (Wildman–Crippen MR) is 115 cm³/mol. The van der Waals surface area contributed by atoms with Crippen LogP contribution in [-0.2, 0) is 9.59 Å². The van der Waals surface area contributed by atoms with Gasteiger partial charge in [0.1, 0.15) is 11.6 Å². The molecule has 0 radical (unpaired) electrons. The van der Waals surface area contributed by atoms with Gasteiger partial charge in [0.05, 0.1) is 6.54 Å². The third-order valence-electron chi connectivity index (χ3n) is 6.30. The van der Waals surface area contributed by atoms with Crippen LogP contribution < -0.4 is 4.90 Å². The second-order valence-corrected chi connectivity index (χ2v) is 9.12. The Morgan fingerprint density at radius 3 is 2.20 bits per heavy atom. The minimum atomic E-state index is 0.182. The van der Waals surface area contributed by atoms with E-state index in [-0.39, 0.29) is 11.8 Å². The van der Waals surface area contributed by atoms with Crippen LogP contribution in [0, 0.1) is 12.8 Å². The van der Waals surface area contributed by atoms with E-state index in [1.807, 2.05) is 16.7 Å². The van der Waals surface area contributed by atoms with Gasteiger partial charge in [0.25, 0.3) is 0 Å². The molecule has 0 spiro atoms. The summed E-state index contributed by atoms with van der Waals surface area (Å²) in [6, 6.07) is 2.05. The summed E-state index contributed by atoms with van der Waals surface area (Å²) in [6.45, 7) is 12.8. The van der Waals surface area contributed by atoms with Gasteiger partial charge in [0.2, 0.25) is 11.8 Å². The van der Waals surface area contributed by atoms with Crippen LogP contribution in [0.4, 0.5) is 5.82 Å². The van der Waals surface area contributed by atoms with E-state index in [0.717, 1.165) is 56.4 Å². The molecule has 1 aromatic rings. The SMILES string of the molecule is Cc1cc(N2CCN(CC(=O)N3CCN(C(=O)C4CC4)CC3)CC2)nc(C(C)C)n1. The number of aromatic nitrogens is 2. The van der Waals surface area contributed by atoms with E-state index in [4.69, 9.17) is 4.98 Å². The fraction of sp³-hybridized carbons (Fsp3) is 0.727. The molecule has 2 amide bonds. The summed E-state index contributed by atoms with van der Waals surface area (Å²) in [7, 11) is 0. The molecule has 164 valence electrons. The molecule has 2 aliphatic heterocycles. The van der Waals surface area contributed by atoms with Crippen molar-refractivity contribution in [3.8, 4) is 0 Å². The maximum Gasteiger partial charge on any atom is 0.236 e. The monoisotopic (exact) mass is 414 g/mol. The lowest BCUT2D eigenvalue weighted by atomic mass is 10.2. The molecular formula is C22H34N6O2. The fourth-order valence-corrected chi connectivity index (χ4v) is 4.19. The Kier molecular flexibility index (Phi) is 6.22. The number of nitrogens with zero attached hydrogens (tertiary/aromatic N) is 6. The van der Waals surface area contributed by atoms with Gasteiger partial charge in [-0.05, 0) is 19.8 Å². The zero-order chi connectivity index (χ0) is 21.3. The molecule has 0 N–H and O–H groups in total. The molecule has 8 heteroatoms. The highest BCUT2D eigenvalue weighted by atomic mass is 16.2. The Labute approximate surface area is 179 Å². The van der Waals surface area contributed by atoms with Gasteiger partial charge in [0, 0.05) is 76.0 Å². The maximum absolute atomic E-state index is 12.8. The van der Waals surface area contributed by atoms with Gasteiger partial charge in [-0.3, -0.25) is 14.5 Å². The fourth-order valence-electron chi connectivity index (χ4n) is 4.19. The molecule has 1 saturated carbocycles. The summed E-state index contributed by atoms with van der Waals surface area (Å²) in [6.07, 6.45) is 2.08. The van der Waals surface area contributed by atoms with E-state index >= 15 is 0 Å². The highest BCUT2D eigenvalue weighted by Crippen LogP contribution is 2.31. The highest BCUT2D eigenvalue weighted by molar-refractivity contribution is 5.82. The number of rotatable bonds is 5. The molecule has 8 nitrogen and oxygen atoms in total. The zero-order valence-electron chi connectivity index (χ0n) is 18.5. The first-order chi connectivity index (χ1) is 14.4. The predicted octanol–water partition coefficient (Wildman–Crippen LogP) is 1.11. The van der Waals surface area contributed by atoms with Gasteiger partial charge in [-0.25, -0.2) is 9.97 Å². The van der Waals surface area contributed by atoms with Gasteiger partial charge in [0.15, 0.2) is 0 Å². The van der Waals surface area contributed by atoms with E-state index in [9.17, 15) is 9.59 Å². The number of hydrogen-bond donors (Lipinski definition) is 0. The number of amides is 2. The molecule has 0 unspecified atom stereocenters. The third-order valence-corrected chi connectivity index (χ3v) is 6.30. The van der Waals surface area contributed by atoms with Crippen molar-refractivity contribution >= 4 is 17.6 Å². The number of carbonyl (C=O) groups excluding carboxylic acids is 2. The van der Waals surface area contributed by atoms with Crippen LogP contribution in [0.15, 0.2) is 6.07 Å². The van der Waals surface area contributed by atoms with Crippen molar-refractivity contribution in [2.45, 2.75) is 39.5 Å². The standard InChI is InChI=1S/C22H34N6O2/c1-16(2)21-23-17(3)14-19(24-21)26-8-6-25(7-9-26)15-20(29)27-10-12-28(13-11-27)22(30)18-4-5-18/h14,16,18H,4-13,15H2,1-3H3. The Bertz CT molecular complexity index is 778. The summed E-state index contributed by atoms with van der Waals surface area (Å²) in [5, 5.41) is 0. The first-order valence-electron chi connectivity index (χ1n) is 11.3. The van der Waals surface area contributed by atoms with E-state index in [1.165, 1.54) is 0 Å². The number of carbonyl (C=O) groups is 2. The number of piperazine rings is 2. The van der Waals surface area contributed by atoms with Crippen molar-refractivity contribution in [3.63, 3.8) is 0 Å². The average molecular weight is 415 g/mol. The van der Waals surface area contributed by atoms with Crippen LogP contribution in [0.25, 0.3) is 0 Å². The molecule has 4 rings (SSSR count). The minimum Gasteiger partial charge on any atom is -0.354 e. The van der Waals surface area contributed by atoms with Crippen LogP contribution in [-0.4, -0.2) is 95.4 Å². The van der Waals surface area contributed by atoms with Gasteiger partial charge in [-0.15, -0.1) is 0 Å². The number of aryl methyl sites for hydroxylation is 1. The Morgan fingerprint density at radius 2 is 1.60 bits per heavy atom. The summed E-state index contributed by atoms with van der Waals surface area (Å²) >= 11 is 0. The molecule has 30 heavy (non-hydrogen) atoms. The average Bonchev–Trinajstić information content (AvgIpc) is 3.59. The van der Waals surface area contributed by atoms with Gasteiger partial charge >= 0.3 is 0 Å². The third kappa shape index (κ3) is 4.91. The van der Waals surface area contributed by atoms with Gasteiger partial charge < -0.3 is 14.7 Å². The van der Waals surface area contributed by atoms with Crippen molar-refractivity contribution < 1.29 is 9.59 Å². The van der Waals surface area contributed by atoms with Crippen molar-refractivity contribution in [2.75, 3.05) is 63.8 Å². The van der Waals surface area contributed by atoms with Crippen molar-refractivity contribution in [3.05, 3.63) is 17.6 Å². The molecule has 3 aliphatic rings. The molecule has 3 fully saturated rings. The maximum atomic E-state index is 12.8. The molecular weight excluding hydrogens is 380 g/mol. The van der Waals surface area contributed by atoms with Crippen LogP contribution >= 0.6 is 0 Å². The smallest absolute Gasteiger partial charge is 0.236 e. The second kappa shape index (κ2) is 8.88. The lowest BCUT2D eigenvalue weighted by molar-refractivity contribution is -0.140. The van der Waals surface area contributed by atoms with Crippen LogP contribution in [0.1, 0.15) is 44.1 Å². The Morgan fingerprint density at radius 1 is 0.967 bits per heavy atom. The zero-order valence-corrected chi connectivity index (χ0v) is 18.5. The lowest BCUT2D eigenvalue weighted by Crippen LogP contribution is -2.55. The van der Waals surface area contributed by atoms with E-state index in [0.29, 0.717) is 44.5 Å². The van der Waals surface area contributed by atoms with Gasteiger partial charge in [-0.1, -0.05) is 13.8 Å². The van der Waals surface area contributed by atoms with E-state index in [2.05, 4.69) is 34.7 Å². The first kappa shape index (κ1) is 21.0. The number of hydrogen-bond acceptors (Lipinski definition) is 6. The molecule has 0 atom stereocenters. The molecule has 0 aromatic carbocycles. The van der Waals surface area contributed by atoms with Crippen LogP contribution in [0.2, 0.25) is 0 Å². The van der Waals surface area contributed by atoms with Crippen molar-refractivity contribution in [1.82, 2.24) is 24.7 Å². The van der Waals surface area contributed by atoms with E-state index in [1.54, 1.807) is 0 Å². The minimum absolute atomic E-state index is 0.182. The second-order valence-electron chi connectivity index (χ2n) is 9.12. The number of anilines is 1. The quantitative estimate of drug-likeness (QED) is 0.719. The summed E-state index contributed by atoms with van der Waals surface area (Å²) < 4.78 is 0. The molecule has 1 aromatic heterocycles. The summed E-state index contributed by atoms with van der Waals surface area (Å²) in [5.74, 6) is 2.93. The van der Waals surface area contributed by atoms with Crippen molar-refractivity contribution in [1.29, 1.82) is 0 Å². The molecule has 0 bridgehead atoms. The molecule has 1 aliphatic carbocycles. The van der Waals surface area contributed by atoms with Crippen LogP contribution in [0.5, 0.6) is 0 Å². The summed E-state index contributed by atoms with van der Waals surface area (Å²) in [5.41, 5.74) is 1.00. The van der Waals surface area contributed by atoms with E-state index < -0.39 is 0 Å². The van der Waals surface area contributed by atoms with Gasteiger partial charge in [-0.2, -0.15) is 0 Å². The normalized spacial score (nSPS) is 20.7. The Balaban J connectivity index is 1.24. The largest absolute Gasteiger partial charge is 0.354 e. The highest BCUT2D eigenvalue weighted by Gasteiger charge is 2.35. The first-order valence-corrected chi connectivity index (χ1v) is 11.3. The van der Waals surface area contributed by atoms with Crippen molar-refractivity contribution in [2.24, 2.45) is 5.92 Å². The van der Waals surface area contributed by atoms with Crippen LogP contribution in [0.3, 0.4) is 0 Å².